The number of carbonyl (C=O) groups is 1. The van der Waals surface area contributed by atoms with Crippen molar-refractivity contribution in [3.8, 4) is 0 Å². The van der Waals surface area contributed by atoms with Crippen molar-refractivity contribution in [3.05, 3.63) is 35.9 Å². The molecule has 0 radical (unpaired) electrons. The second-order valence-electron chi connectivity index (χ2n) is 7.41. The number of benzene rings is 1. The number of nitrogens with zero attached hydrogens (tertiary/aromatic N) is 1. The number of unbranched alkanes of at least 4 members (excludes halogenated alkanes) is 1. The number of nitrogens with one attached hydrogen (secondary N) is 2. The first-order chi connectivity index (χ1) is 12.2. The van der Waals surface area contributed by atoms with Crippen molar-refractivity contribution >= 4 is 6.03 Å². The summed E-state index contributed by atoms with van der Waals surface area (Å²) in [7, 11) is 0. The summed E-state index contributed by atoms with van der Waals surface area (Å²) in [6.07, 6.45) is 6.92. The quantitative estimate of drug-likeness (QED) is 0.654. The Morgan fingerprint density at radius 1 is 1.28 bits per heavy atom. The predicted molar refractivity (Wildman–Crippen MR) is 105 cm³/mol. The van der Waals surface area contributed by atoms with Crippen molar-refractivity contribution < 1.29 is 4.79 Å². The van der Waals surface area contributed by atoms with Gasteiger partial charge in [0.1, 0.15) is 0 Å². The molecule has 0 aromatic heterocycles. The summed E-state index contributed by atoms with van der Waals surface area (Å²) in [5.74, 6) is 0.839. The van der Waals surface area contributed by atoms with Gasteiger partial charge >= 0.3 is 6.03 Å². The van der Waals surface area contributed by atoms with Crippen LogP contribution in [0.4, 0.5) is 4.79 Å². The highest BCUT2D eigenvalue weighted by Crippen LogP contribution is 2.18. The van der Waals surface area contributed by atoms with E-state index in [1.807, 2.05) is 18.2 Å². The van der Waals surface area contributed by atoms with Crippen LogP contribution < -0.4 is 10.6 Å². The molecule has 1 fully saturated rings. The number of hydrogen-bond acceptors (Lipinski definition) is 2. The number of carbonyl (C=O) groups excluding carboxylic acids is 1. The Morgan fingerprint density at radius 3 is 2.80 bits per heavy atom. The highest BCUT2D eigenvalue weighted by molar-refractivity contribution is 5.74. The van der Waals surface area contributed by atoms with Gasteiger partial charge in [-0.3, -0.25) is 0 Å². The Kier molecular flexibility index (Phi) is 8.81. The zero-order chi connectivity index (χ0) is 17.9. The van der Waals surface area contributed by atoms with Gasteiger partial charge in [0.15, 0.2) is 0 Å². The standard InChI is InChI=1S/C21H35N3O/c1-3-10-20(19-12-5-4-6-13-19)23-21(25)22-14-7-8-15-24-16-9-11-18(2)17-24/h4-6,12-13,18,20H,3,7-11,14-17H2,1-2H3,(H2,22,23,25). The van der Waals surface area contributed by atoms with Crippen LogP contribution in [0.5, 0.6) is 0 Å². The van der Waals surface area contributed by atoms with Gasteiger partial charge in [-0.1, -0.05) is 50.6 Å². The fourth-order valence-corrected chi connectivity index (χ4v) is 3.66. The lowest BCUT2D eigenvalue weighted by molar-refractivity contribution is 0.181. The van der Waals surface area contributed by atoms with Crippen LogP contribution in [0.15, 0.2) is 30.3 Å². The van der Waals surface area contributed by atoms with Gasteiger partial charge < -0.3 is 15.5 Å². The highest BCUT2D eigenvalue weighted by atomic mass is 16.2. The van der Waals surface area contributed by atoms with E-state index in [1.54, 1.807) is 0 Å². The van der Waals surface area contributed by atoms with Crippen molar-refractivity contribution in [2.45, 2.75) is 58.4 Å². The lowest BCUT2D eigenvalue weighted by atomic mass is 10.0. The van der Waals surface area contributed by atoms with Crippen molar-refractivity contribution in [1.82, 2.24) is 15.5 Å². The van der Waals surface area contributed by atoms with E-state index in [4.69, 9.17) is 0 Å². The Bertz CT molecular complexity index is 491. The zero-order valence-corrected chi connectivity index (χ0v) is 16.0. The normalized spacial score (nSPS) is 19.4. The third kappa shape index (κ3) is 7.47. The van der Waals surface area contributed by atoms with Gasteiger partial charge in [0, 0.05) is 13.1 Å². The molecule has 1 heterocycles. The van der Waals surface area contributed by atoms with Gasteiger partial charge in [0.25, 0.3) is 0 Å². The van der Waals surface area contributed by atoms with Gasteiger partial charge in [-0.2, -0.15) is 0 Å². The lowest BCUT2D eigenvalue weighted by Gasteiger charge is -2.30. The number of amides is 2. The first kappa shape index (κ1) is 19.8. The van der Waals surface area contributed by atoms with Crippen LogP contribution in [0.2, 0.25) is 0 Å². The Morgan fingerprint density at radius 2 is 2.08 bits per heavy atom. The van der Waals surface area contributed by atoms with Crippen molar-refractivity contribution in [2.75, 3.05) is 26.2 Å². The second-order valence-corrected chi connectivity index (χ2v) is 7.41. The molecule has 2 N–H and O–H groups in total. The fraction of sp³-hybridized carbons (Fsp3) is 0.667. The molecule has 0 aliphatic carbocycles. The SMILES string of the molecule is CCCC(NC(=O)NCCCCN1CCCC(C)C1)c1ccccc1. The molecule has 140 valence electrons. The molecule has 4 heteroatoms. The summed E-state index contributed by atoms with van der Waals surface area (Å²) in [4.78, 5) is 14.7. The molecule has 1 aliphatic rings. The zero-order valence-electron chi connectivity index (χ0n) is 16.0. The number of piperidine rings is 1. The third-order valence-corrected chi connectivity index (χ3v) is 5.01. The average Bonchev–Trinajstić information content (AvgIpc) is 2.62. The molecule has 2 atom stereocenters. The number of urea groups is 1. The maximum Gasteiger partial charge on any atom is 0.315 e. The minimum absolute atomic E-state index is 0.0473. The third-order valence-electron chi connectivity index (χ3n) is 5.01. The molecular weight excluding hydrogens is 310 g/mol. The Balaban J connectivity index is 1.62. The largest absolute Gasteiger partial charge is 0.338 e. The number of hydrogen-bond donors (Lipinski definition) is 2. The molecular formula is C21H35N3O. The van der Waals surface area contributed by atoms with Crippen molar-refractivity contribution in [3.63, 3.8) is 0 Å². The lowest BCUT2D eigenvalue weighted by Crippen LogP contribution is -2.39. The van der Waals surface area contributed by atoms with Gasteiger partial charge in [-0.25, -0.2) is 4.79 Å². The van der Waals surface area contributed by atoms with E-state index in [-0.39, 0.29) is 12.1 Å². The number of rotatable bonds is 9. The smallest absolute Gasteiger partial charge is 0.315 e. The molecule has 1 aromatic rings. The van der Waals surface area contributed by atoms with E-state index in [9.17, 15) is 4.79 Å². The van der Waals surface area contributed by atoms with Crippen LogP contribution in [-0.4, -0.2) is 37.1 Å². The van der Waals surface area contributed by atoms with Crippen LogP contribution in [0.3, 0.4) is 0 Å². The minimum atomic E-state index is -0.0473. The monoisotopic (exact) mass is 345 g/mol. The molecule has 0 bridgehead atoms. The first-order valence-corrected chi connectivity index (χ1v) is 10.0. The van der Waals surface area contributed by atoms with Crippen LogP contribution in [-0.2, 0) is 0 Å². The molecule has 25 heavy (non-hydrogen) atoms. The Hall–Kier alpha value is -1.55. The molecule has 2 rings (SSSR count). The summed E-state index contributed by atoms with van der Waals surface area (Å²) in [5.41, 5.74) is 1.18. The van der Waals surface area contributed by atoms with Gasteiger partial charge in [0.05, 0.1) is 6.04 Å². The Labute approximate surface area is 153 Å². The van der Waals surface area contributed by atoms with Gasteiger partial charge in [-0.15, -0.1) is 0 Å². The van der Waals surface area contributed by atoms with Gasteiger partial charge in [0.2, 0.25) is 0 Å². The maximum absolute atomic E-state index is 12.2. The summed E-state index contributed by atoms with van der Waals surface area (Å²) < 4.78 is 0. The molecule has 1 aromatic carbocycles. The van der Waals surface area contributed by atoms with Crippen molar-refractivity contribution in [1.29, 1.82) is 0 Å². The molecule has 0 spiro atoms. The molecule has 1 aliphatic heterocycles. The predicted octanol–water partition coefficient (Wildman–Crippen LogP) is 4.34. The minimum Gasteiger partial charge on any atom is -0.338 e. The summed E-state index contributed by atoms with van der Waals surface area (Å²) in [6.45, 7) is 8.89. The summed E-state index contributed by atoms with van der Waals surface area (Å²) in [5, 5.41) is 6.14. The maximum atomic E-state index is 12.2. The van der Waals surface area contributed by atoms with Crippen LogP contribution in [0, 0.1) is 5.92 Å². The first-order valence-electron chi connectivity index (χ1n) is 10.0. The highest BCUT2D eigenvalue weighted by Gasteiger charge is 2.15. The molecule has 1 saturated heterocycles. The summed E-state index contributed by atoms with van der Waals surface area (Å²) >= 11 is 0. The van der Waals surface area contributed by atoms with Gasteiger partial charge in [-0.05, 0) is 56.7 Å². The van der Waals surface area contributed by atoms with Crippen LogP contribution >= 0.6 is 0 Å². The molecule has 0 saturated carbocycles. The van der Waals surface area contributed by atoms with E-state index in [2.05, 4.69) is 41.5 Å². The van der Waals surface area contributed by atoms with E-state index >= 15 is 0 Å². The number of likely N-dealkylation sites (tertiary alicyclic amines) is 1. The van der Waals surface area contributed by atoms with Crippen LogP contribution in [0.1, 0.15) is 64.0 Å². The van der Waals surface area contributed by atoms with Crippen LogP contribution in [0.25, 0.3) is 0 Å². The van der Waals surface area contributed by atoms with E-state index < -0.39 is 0 Å². The molecule has 4 nitrogen and oxygen atoms in total. The fourth-order valence-electron chi connectivity index (χ4n) is 3.66. The van der Waals surface area contributed by atoms with E-state index in [0.717, 1.165) is 44.7 Å². The summed E-state index contributed by atoms with van der Waals surface area (Å²) in [6, 6.07) is 10.3. The van der Waals surface area contributed by atoms with Crippen molar-refractivity contribution in [2.24, 2.45) is 5.92 Å². The van der Waals surface area contributed by atoms with E-state index in [1.165, 1.54) is 31.5 Å². The second kappa shape index (κ2) is 11.1. The molecule has 2 unspecified atom stereocenters. The topological polar surface area (TPSA) is 44.4 Å². The molecule has 2 amide bonds. The average molecular weight is 346 g/mol. The van der Waals surface area contributed by atoms with E-state index in [0.29, 0.717) is 0 Å².